The molecule has 2 rings (SSSR count). The number of nitrogens with zero attached hydrogens (tertiary/aromatic N) is 2. The summed E-state index contributed by atoms with van der Waals surface area (Å²) in [5.41, 5.74) is 0.491. The second-order valence-corrected chi connectivity index (χ2v) is 6.42. The molecule has 2 heterocycles. The van der Waals surface area contributed by atoms with Crippen molar-refractivity contribution in [1.82, 2.24) is 15.3 Å². The van der Waals surface area contributed by atoms with E-state index in [9.17, 15) is 4.79 Å². The first-order valence-corrected chi connectivity index (χ1v) is 8.42. The van der Waals surface area contributed by atoms with Crippen LogP contribution < -0.4 is 5.32 Å². The Morgan fingerprint density at radius 1 is 1.35 bits per heavy atom. The number of carbonyl (C=O) groups is 1. The standard InChI is InChI=1S/C14H17N3OS2/c1-9(2)12(11-5-4-6-20-11)17-13(18)10-7-15-14(19-3)16-8-10/h4-9,12H,1-3H3,(H,17,18)/t12-/m1/s1. The lowest BCUT2D eigenvalue weighted by atomic mass is 10.0. The van der Waals surface area contributed by atoms with Gasteiger partial charge in [0.15, 0.2) is 5.16 Å². The largest absolute Gasteiger partial charge is 0.344 e. The van der Waals surface area contributed by atoms with Gasteiger partial charge >= 0.3 is 0 Å². The number of aromatic nitrogens is 2. The van der Waals surface area contributed by atoms with Crippen LogP contribution in [0.2, 0.25) is 0 Å². The molecule has 0 radical (unpaired) electrons. The van der Waals surface area contributed by atoms with Crippen molar-refractivity contribution >= 4 is 29.0 Å². The number of nitrogens with one attached hydrogen (secondary N) is 1. The molecule has 0 aliphatic rings. The molecule has 2 aromatic heterocycles. The lowest BCUT2D eigenvalue weighted by Gasteiger charge is -2.21. The van der Waals surface area contributed by atoms with E-state index in [4.69, 9.17) is 0 Å². The topological polar surface area (TPSA) is 54.9 Å². The molecule has 6 heteroatoms. The third-order valence-corrected chi connectivity index (χ3v) is 4.41. The van der Waals surface area contributed by atoms with Crippen molar-refractivity contribution in [3.63, 3.8) is 0 Å². The van der Waals surface area contributed by atoms with Crippen LogP contribution in [0.3, 0.4) is 0 Å². The van der Waals surface area contributed by atoms with Crippen LogP contribution in [0.5, 0.6) is 0 Å². The van der Waals surface area contributed by atoms with Gasteiger partial charge in [-0.25, -0.2) is 9.97 Å². The molecule has 20 heavy (non-hydrogen) atoms. The predicted octanol–water partition coefficient (Wildman–Crippen LogP) is 3.39. The van der Waals surface area contributed by atoms with E-state index >= 15 is 0 Å². The summed E-state index contributed by atoms with van der Waals surface area (Å²) in [5, 5.41) is 5.75. The molecule has 1 amide bonds. The van der Waals surface area contributed by atoms with Gasteiger partial charge < -0.3 is 5.32 Å². The fourth-order valence-corrected chi connectivity index (χ4v) is 3.06. The summed E-state index contributed by atoms with van der Waals surface area (Å²) in [6.07, 6.45) is 5.04. The molecule has 0 unspecified atom stereocenters. The summed E-state index contributed by atoms with van der Waals surface area (Å²) in [7, 11) is 0. The van der Waals surface area contributed by atoms with Crippen LogP contribution in [0.1, 0.15) is 35.1 Å². The summed E-state index contributed by atoms with van der Waals surface area (Å²) in [5.74, 6) is 0.189. The first-order valence-electron chi connectivity index (χ1n) is 6.32. The fraction of sp³-hybridized carbons (Fsp3) is 0.357. The molecule has 0 saturated carbocycles. The van der Waals surface area contributed by atoms with Crippen LogP contribution in [0, 0.1) is 5.92 Å². The SMILES string of the molecule is CSc1ncc(C(=O)N[C@@H](c2cccs2)C(C)C)cn1. The lowest BCUT2D eigenvalue weighted by Crippen LogP contribution is -2.31. The van der Waals surface area contributed by atoms with Gasteiger partial charge in [-0.2, -0.15) is 0 Å². The smallest absolute Gasteiger partial charge is 0.254 e. The zero-order valence-corrected chi connectivity index (χ0v) is 13.3. The molecular formula is C14H17N3OS2. The van der Waals surface area contributed by atoms with E-state index in [-0.39, 0.29) is 11.9 Å². The third-order valence-electron chi connectivity index (χ3n) is 2.88. The van der Waals surface area contributed by atoms with Gasteiger partial charge in [0.25, 0.3) is 5.91 Å². The van der Waals surface area contributed by atoms with Crippen molar-refractivity contribution in [3.8, 4) is 0 Å². The van der Waals surface area contributed by atoms with Crippen LogP contribution in [0.25, 0.3) is 0 Å². The lowest BCUT2D eigenvalue weighted by molar-refractivity contribution is 0.0925. The maximum atomic E-state index is 12.3. The Labute approximate surface area is 127 Å². The third kappa shape index (κ3) is 3.58. The Kier molecular flexibility index (Phi) is 5.14. The Morgan fingerprint density at radius 2 is 2.05 bits per heavy atom. The van der Waals surface area contributed by atoms with Gasteiger partial charge in [-0.15, -0.1) is 11.3 Å². The molecule has 0 saturated heterocycles. The summed E-state index contributed by atoms with van der Waals surface area (Å²) in [6.45, 7) is 4.19. The number of thioether (sulfide) groups is 1. The van der Waals surface area contributed by atoms with E-state index in [1.807, 2.05) is 23.8 Å². The highest BCUT2D eigenvalue weighted by Crippen LogP contribution is 2.26. The van der Waals surface area contributed by atoms with Gasteiger partial charge in [-0.3, -0.25) is 4.79 Å². The predicted molar refractivity (Wildman–Crippen MR) is 83.2 cm³/mol. The minimum atomic E-state index is -0.134. The molecular weight excluding hydrogens is 290 g/mol. The van der Waals surface area contributed by atoms with Crippen molar-refractivity contribution in [2.24, 2.45) is 5.92 Å². The van der Waals surface area contributed by atoms with Gasteiger partial charge in [0.05, 0.1) is 11.6 Å². The molecule has 2 aromatic rings. The number of hydrogen-bond donors (Lipinski definition) is 1. The molecule has 0 fully saturated rings. The number of carbonyl (C=O) groups excluding carboxylic acids is 1. The van der Waals surface area contributed by atoms with Gasteiger partial charge in [-0.1, -0.05) is 31.7 Å². The summed E-state index contributed by atoms with van der Waals surface area (Å²) in [4.78, 5) is 21.7. The average Bonchev–Trinajstić information content (AvgIpc) is 2.98. The molecule has 0 bridgehead atoms. The van der Waals surface area contributed by atoms with E-state index in [0.717, 1.165) is 4.88 Å². The van der Waals surface area contributed by atoms with Crippen LogP contribution in [0.15, 0.2) is 35.1 Å². The minimum Gasteiger partial charge on any atom is -0.344 e. The molecule has 1 N–H and O–H groups in total. The quantitative estimate of drug-likeness (QED) is 0.679. The van der Waals surface area contributed by atoms with E-state index < -0.39 is 0 Å². The van der Waals surface area contributed by atoms with Crippen LogP contribution in [0.4, 0.5) is 0 Å². The van der Waals surface area contributed by atoms with Gasteiger partial charge in [0, 0.05) is 17.3 Å². The molecule has 0 aliphatic carbocycles. The molecule has 0 spiro atoms. The normalized spacial score (nSPS) is 12.4. The first kappa shape index (κ1) is 15.0. The number of rotatable bonds is 5. The number of hydrogen-bond acceptors (Lipinski definition) is 5. The highest BCUT2D eigenvalue weighted by molar-refractivity contribution is 7.98. The number of amides is 1. The van der Waals surface area contributed by atoms with E-state index in [1.54, 1.807) is 23.7 Å². The zero-order valence-electron chi connectivity index (χ0n) is 11.7. The molecule has 106 valence electrons. The summed E-state index contributed by atoms with van der Waals surface area (Å²) in [6, 6.07) is 4.06. The fourth-order valence-electron chi connectivity index (χ4n) is 1.80. The molecule has 0 aliphatic heterocycles. The first-order chi connectivity index (χ1) is 9.61. The van der Waals surface area contributed by atoms with Crippen molar-refractivity contribution < 1.29 is 4.79 Å². The van der Waals surface area contributed by atoms with Gasteiger partial charge in [-0.05, 0) is 23.6 Å². The Morgan fingerprint density at radius 3 is 2.55 bits per heavy atom. The second kappa shape index (κ2) is 6.85. The number of thiophene rings is 1. The minimum absolute atomic E-state index is 0.0164. The highest BCUT2D eigenvalue weighted by atomic mass is 32.2. The van der Waals surface area contributed by atoms with E-state index in [2.05, 4.69) is 29.1 Å². The zero-order chi connectivity index (χ0) is 14.5. The maximum Gasteiger partial charge on any atom is 0.254 e. The maximum absolute atomic E-state index is 12.3. The van der Waals surface area contributed by atoms with Crippen molar-refractivity contribution in [2.75, 3.05) is 6.26 Å². The van der Waals surface area contributed by atoms with Crippen LogP contribution in [-0.2, 0) is 0 Å². The van der Waals surface area contributed by atoms with Crippen LogP contribution >= 0.6 is 23.1 Å². The molecule has 0 aromatic carbocycles. The van der Waals surface area contributed by atoms with Gasteiger partial charge in [0.1, 0.15) is 0 Å². The van der Waals surface area contributed by atoms with Crippen molar-refractivity contribution in [2.45, 2.75) is 25.0 Å². The second-order valence-electron chi connectivity index (χ2n) is 4.67. The van der Waals surface area contributed by atoms with Gasteiger partial charge in [0.2, 0.25) is 0 Å². The van der Waals surface area contributed by atoms with Crippen molar-refractivity contribution in [3.05, 3.63) is 40.3 Å². The van der Waals surface area contributed by atoms with Crippen LogP contribution in [-0.4, -0.2) is 22.1 Å². The Balaban J connectivity index is 2.12. The van der Waals surface area contributed by atoms with Crippen molar-refractivity contribution in [1.29, 1.82) is 0 Å². The monoisotopic (exact) mass is 307 g/mol. The average molecular weight is 307 g/mol. The Bertz CT molecular complexity index is 552. The highest BCUT2D eigenvalue weighted by Gasteiger charge is 2.20. The van der Waals surface area contributed by atoms with E-state index in [0.29, 0.717) is 16.6 Å². The molecule has 4 nitrogen and oxygen atoms in total. The molecule has 1 atom stereocenters. The summed E-state index contributed by atoms with van der Waals surface area (Å²) < 4.78 is 0. The van der Waals surface area contributed by atoms with E-state index in [1.165, 1.54) is 11.8 Å². The summed E-state index contributed by atoms with van der Waals surface area (Å²) >= 11 is 3.11. The Hall–Kier alpha value is -1.40.